The summed E-state index contributed by atoms with van der Waals surface area (Å²) in [5, 5.41) is 0. The molecular weight excluding hydrogens is 222 g/mol. The Balaban J connectivity index is 1.56. The molecule has 1 aromatic carbocycles. The van der Waals surface area contributed by atoms with E-state index in [1.54, 1.807) is 0 Å². The molecule has 18 heavy (non-hydrogen) atoms. The van der Waals surface area contributed by atoms with Crippen molar-refractivity contribution in [3.63, 3.8) is 0 Å². The van der Waals surface area contributed by atoms with Crippen molar-refractivity contribution in [3.8, 4) is 0 Å². The van der Waals surface area contributed by atoms with Crippen LogP contribution in [-0.2, 0) is 13.1 Å². The highest BCUT2D eigenvalue weighted by Crippen LogP contribution is 2.27. The quantitative estimate of drug-likeness (QED) is 0.871. The van der Waals surface area contributed by atoms with E-state index in [1.807, 2.05) is 0 Å². The van der Waals surface area contributed by atoms with Crippen LogP contribution >= 0.6 is 0 Å². The molecule has 2 aliphatic rings. The van der Waals surface area contributed by atoms with Crippen LogP contribution < -0.4 is 5.73 Å². The van der Waals surface area contributed by atoms with Crippen LogP contribution in [0, 0.1) is 0 Å². The first-order chi connectivity index (χ1) is 8.86. The van der Waals surface area contributed by atoms with Crippen LogP contribution in [0.1, 0.15) is 24.0 Å². The van der Waals surface area contributed by atoms with Crippen molar-refractivity contribution < 1.29 is 0 Å². The van der Waals surface area contributed by atoms with Gasteiger partial charge in [0.1, 0.15) is 0 Å². The molecule has 98 valence electrons. The van der Waals surface area contributed by atoms with Gasteiger partial charge in [-0.3, -0.25) is 9.80 Å². The van der Waals surface area contributed by atoms with Gasteiger partial charge in [-0.05, 0) is 24.0 Å². The van der Waals surface area contributed by atoms with Crippen molar-refractivity contribution in [1.82, 2.24) is 9.80 Å². The van der Waals surface area contributed by atoms with Crippen LogP contribution in [0.3, 0.4) is 0 Å². The number of hydrogen-bond acceptors (Lipinski definition) is 3. The molecule has 0 amide bonds. The van der Waals surface area contributed by atoms with Gasteiger partial charge in [0.25, 0.3) is 0 Å². The van der Waals surface area contributed by atoms with Gasteiger partial charge in [-0.25, -0.2) is 0 Å². The fourth-order valence-electron chi connectivity index (χ4n) is 2.88. The Morgan fingerprint density at radius 1 is 1.00 bits per heavy atom. The third-order valence-corrected chi connectivity index (χ3v) is 4.20. The zero-order chi connectivity index (χ0) is 12.4. The summed E-state index contributed by atoms with van der Waals surface area (Å²) in [6.07, 6.45) is 2.85. The summed E-state index contributed by atoms with van der Waals surface area (Å²) in [4.78, 5) is 5.22. The Hall–Kier alpha value is -0.900. The molecule has 0 bridgehead atoms. The van der Waals surface area contributed by atoms with Crippen molar-refractivity contribution in [2.24, 2.45) is 5.73 Å². The molecule has 1 saturated heterocycles. The predicted octanol–water partition coefficient (Wildman–Crippen LogP) is 1.43. The average molecular weight is 245 g/mol. The number of nitrogens with two attached hydrogens (primary N) is 1. The molecule has 1 aromatic rings. The summed E-state index contributed by atoms with van der Waals surface area (Å²) in [7, 11) is 0. The minimum Gasteiger partial charge on any atom is -0.326 e. The summed E-state index contributed by atoms with van der Waals surface area (Å²) < 4.78 is 0. The Bertz CT molecular complexity index is 392. The van der Waals surface area contributed by atoms with E-state index in [4.69, 9.17) is 5.73 Å². The highest BCUT2D eigenvalue weighted by Gasteiger charge is 2.31. The van der Waals surface area contributed by atoms with Crippen LogP contribution in [0.25, 0.3) is 0 Å². The standard InChI is InChI=1S/C15H23N3/c16-11-13-3-1-2-4-14(13)12-17-7-9-18(10-8-17)15-5-6-15/h1-4,15H,5-12,16H2. The Labute approximate surface area is 110 Å². The number of nitrogens with zero attached hydrogens (tertiary/aromatic N) is 2. The highest BCUT2D eigenvalue weighted by atomic mass is 15.3. The van der Waals surface area contributed by atoms with Crippen molar-refractivity contribution in [2.45, 2.75) is 32.0 Å². The van der Waals surface area contributed by atoms with E-state index in [2.05, 4.69) is 34.1 Å². The molecule has 0 aromatic heterocycles. The second kappa shape index (κ2) is 5.39. The maximum atomic E-state index is 5.80. The molecule has 3 nitrogen and oxygen atoms in total. The van der Waals surface area contributed by atoms with E-state index in [1.165, 1.54) is 50.1 Å². The SMILES string of the molecule is NCc1ccccc1CN1CCN(C2CC2)CC1. The van der Waals surface area contributed by atoms with Crippen LogP contribution in [0.5, 0.6) is 0 Å². The minimum absolute atomic E-state index is 0.651. The number of rotatable bonds is 4. The molecule has 0 unspecified atom stereocenters. The van der Waals surface area contributed by atoms with Crippen LogP contribution in [0.15, 0.2) is 24.3 Å². The third kappa shape index (κ3) is 2.74. The zero-order valence-corrected chi connectivity index (χ0v) is 11.0. The van der Waals surface area contributed by atoms with Gasteiger partial charge in [-0.15, -0.1) is 0 Å². The maximum Gasteiger partial charge on any atom is 0.0238 e. The van der Waals surface area contributed by atoms with Gasteiger partial charge in [0.15, 0.2) is 0 Å². The normalized spacial score (nSPS) is 22.3. The molecule has 1 aliphatic heterocycles. The minimum atomic E-state index is 0.651. The monoisotopic (exact) mass is 245 g/mol. The summed E-state index contributed by atoms with van der Waals surface area (Å²) in [6, 6.07) is 9.49. The summed E-state index contributed by atoms with van der Waals surface area (Å²) >= 11 is 0. The molecule has 3 rings (SSSR count). The molecule has 3 heteroatoms. The average Bonchev–Trinajstić information content (AvgIpc) is 3.25. The number of piperazine rings is 1. The topological polar surface area (TPSA) is 32.5 Å². The van der Waals surface area contributed by atoms with Gasteiger partial charge in [-0.2, -0.15) is 0 Å². The fourth-order valence-corrected chi connectivity index (χ4v) is 2.88. The molecule has 2 fully saturated rings. The zero-order valence-electron chi connectivity index (χ0n) is 11.0. The second-order valence-corrected chi connectivity index (χ2v) is 5.52. The van der Waals surface area contributed by atoms with E-state index in [9.17, 15) is 0 Å². The highest BCUT2D eigenvalue weighted by molar-refractivity contribution is 5.26. The Morgan fingerprint density at radius 3 is 2.28 bits per heavy atom. The molecule has 1 saturated carbocycles. The Kier molecular flexibility index (Phi) is 3.64. The molecule has 0 atom stereocenters. The third-order valence-electron chi connectivity index (χ3n) is 4.20. The summed E-state index contributed by atoms with van der Waals surface area (Å²) in [5.41, 5.74) is 8.50. The van der Waals surface area contributed by atoms with Gasteiger partial charge in [0.05, 0.1) is 0 Å². The van der Waals surface area contributed by atoms with Crippen molar-refractivity contribution in [2.75, 3.05) is 26.2 Å². The van der Waals surface area contributed by atoms with Gasteiger partial charge in [0.2, 0.25) is 0 Å². The van der Waals surface area contributed by atoms with Crippen LogP contribution in [0.4, 0.5) is 0 Å². The van der Waals surface area contributed by atoms with Crippen LogP contribution in [-0.4, -0.2) is 42.0 Å². The molecule has 0 spiro atoms. The van der Waals surface area contributed by atoms with Crippen molar-refractivity contribution in [1.29, 1.82) is 0 Å². The first-order valence-corrected chi connectivity index (χ1v) is 7.10. The molecule has 1 heterocycles. The first kappa shape index (κ1) is 12.2. The lowest BCUT2D eigenvalue weighted by Crippen LogP contribution is -2.46. The van der Waals surface area contributed by atoms with E-state index in [0.717, 1.165) is 12.6 Å². The summed E-state index contributed by atoms with van der Waals surface area (Å²) in [6.45, 7) is 6.61. The van der Waals surface area contributed by atoms with E-state index < -0.39 is 0 Å². The summed E-state index contributed by atoms with van der Waals surface area (Å²) in [5.74, 6) is 0. The first-order valence-electron chi connectivity index (χ1n) is 7.10. The Morgan fingerprint density at radius 2 is 1.67 bits per heavy atom. The van der Waals surface area contributed by atoms with E-state index in [0.29, 0.717) is 6.54 Å². The van der Waals surface area contributed by atoms with E-state index in [-0.39, 0.29) is 0 Å². The van der Waals surface area contributed by atoms with E-state index >= 15 is 0 Å². The number of benzene rings is 1. The molecular formula is C15H23N3. The fraction of sp³-hybridized carbons (Fsp3) is 0.600. The smallest absolute Gasteiger partial charge is 0.0238 e. The molecule has 2 N–H and O–H groups in total. The lowest BCUT2D eigenvalue weighted by molar-refractivity contribution is 0.121. The molecule has 0 radical (unpaired) electrons. The lowest BCUT2D eigenvalue weighted by atomic mass is 10.1. The molecule has 1 aliphatic carbocycles. The van der Waals surface area contributed by atoms with Gasteiger partial charge >= 0.3 is 0 Å². The van der Waals surface area contributed by atoms with Crippen molar-refractivity contribution in [3.05, 3.63) is 35.4 Å². The lowest BCUT2D eigenvalue weighted by Gasteiger charge is -2.35. The van der Waals surface area contributed by atoms with Gasteiger partial charge in [-0.1, -0.05) is 24.3 Å². The predicted molar refractivity (Wildman–Crippen MR) is 74.2 cm³/mol. The van der Waals surface area contributed by atoms with Gasteiger partial charge in [0, 0.05) is 45.3 Å². The largest absolute Gasteiger partial charge is 0.326 e. The maximum absolute atomic E-state index is 5.80. The second-order valence-electron chi connectivity index (χ2n) is 5.52. The van der Waals surface area contributed by atoms with Crippen LogP contribution in [0.2, 0.25) is 0 Å². The number of hydrogen-bond donors (Lipinski definition) is 1. The van der Waals surface area contributed by atoms with Crippen molar-refractivity contribution >= 4 is 0 Å². The van der Waals surface area contributed by atoms with Gasteiger partial charge < -0.3 is 5.73 Å².